The molecule has 0 saturated carbocycles. The Labute approximate surface area is 167 Å². The molecule has 27 heavy (non-hydrogen) atoms. The molecule has 3 rings (SSSR count). The number of nitrogens with zero attached hydrogens (tertiary/aromatic N) is 2. The van der Waals surface area contributed by atoms with Gasteiger partial charge < -0.3 is 4.90 Å². The molecule has 0 radical (unpaired) electrons. The van der Waals surface area contributed by atoms with Gasteiger partial charge in [0.1, 0.15) is 10.7 Å². The Hall–Kier alpha value is -1.61. The van der Waals surface area contributed by atoms with Crippen molar-refractivity contribution < 1.29 is 17.6 Å². The third kappa shape index (κ3) is 4.82. The van der Waals surface area contributed by atoms with Gasteiger partial charge in [0.05, 0.1) is 5.75 Å². The number of piperazine rings is 1. The second-order valence-electron chi connectivity index (χ2n) is 5.96. The lowest BCUT2D eigenvalue weighted by Crippen LogP contribution is -2.51. The van der Waals surface area contributed by atoms with E-state index in [4.69, 9.17) is 11.6 Å². The first-order valence-corrected chi connectivity index (χ1v) is 11.1. The van der Waals surface area contributed by atoms with Crippen molar-refractivity contribution in [1.29, 1.82) is 0 Å². The highest BCUT2D eigenvalue weighted by molar-refractivity contribution is 8.00. The number of rotatable bonds is 5. The maximum Gasteiger partial charge on any atom is 0.246 e. The van der Waals surface area contributed by atoms with Crippen LogP contribution in [-0.2, 0) is 14.8 Å². The molecule has 1 heterocycles. The van der Waals surface area contributed by atoms with Crippen LogP contribution in [0.15, 0.2) is 58.3 Å². The highest BCUT2D eigenvalue weighted by Crippen LogP contribution is 2.23. The molecule has 144 valence electrons. The van der Waals surface area contributed by atoms with Crippen molar-refractivity contribution in [2.24, 2.45) is 0 Å². The van der Waals surface area contributed by atoms with Gasteiger partial charge in [0.15, 0.2) is 0 Å². The van der Waals surface area contributed by atoms with E-state index >= 15 is 0 Å². The van der Waals surface area contributed by atoms with Crippen LogP contribution >= 0.6 is 23.4 Å². The summed E-state index contributed by atoms with van der Waals surface area (Å²) in [6.07, 6.45) is 0. The van der Waals surface area contributed by atoms with Crippen molar-refractivity contribution in [3.63, 3.8) is 0 Å². The molecule has 5 nitrogen and oxygen atoms in total. The summed E-state index contributed by atoms with van der Waals surface area (Å²) in [4.78, 5) is 14.6. The highest BCUT2D eigenvalue weighted by Gasteiger charge is 2.31. The Balaban J connectivity index is 1.56. The quantitative estimate of drug-likeness (QED) is 0.686. The molecule has 1 saturated heterocycles. The fraction of sp³-hybridized carbons (Fsp3) is 0.278. The van der Waals surface area contributed by atoms with Gasteiger partial charge in [0.2, 0.25) is 15.9 Å². The van der Waals surface area contributed by atoms with Crippen molar-refractivity contribution in [3.05, 3.63) is 59.4 Å². The highest BCUT2D eigenvalue weighted by atomic mass is 35.5. The fourth-order valence-corrected chi connectivity index (χ4v) is 5.15. The summed E-state index contributed by atoms with van der Waals surface area (Å²) in [6, 6.07) is 12.5. The van der Waals surface area contributed by atoms with E-state index < -0.39 is 15.8 Å². The number of halogens is 2. The van der Waals surface area contributed by atoms with Crippen molar-refractivity contribution in [2.75, 3.05) is 31.9 Å². The lowest BCUT2D eigenvalue weighted by atomic mass is 10.3. The molecule has 0 aliphatic carbocycles. The zero-order valence-electron chi connectivity index (χ0n) is 14.3. The SMILES string of the molecule is O=C(CSc1ccc(Cl)cc1)N1CCN(S(=O)(=O)c2ccccc2F)CC1. The predicted molar refractivity (Wildman–Crippen MR) is 104 cm³/mol. The van der Waals surface area contributed by atoms with Crippen LogP contribution in [0.1, 0.15) is 0 Å². The minimum atomic E-state index is -3.90. The van der Waals surface area contributed by atoms with Gasteiger partial charge in [-0.15, -0.1) is 11.8 Å². The second kappa shape index (κ2) is 8.60. The molecule has 0 bridgehead atoms. The first-order valence-electron chi connectivity index (χ1n) is 8.29. The van der Waals surface area contributed by atoms with E-state index in [1.807, 2.05) is 12.1 Å². The minimum absolute atomic E-state index is 0.0575. The van der Waals surface area contributed by atoms with Crippen LogP contribution in [0, 0.1) is 5.82 Å². The Morgan fingerprint density at radius 1 is 1.04 bits per heavy atom. The van der Waals surface area contributed by atoms with E-state index in [-0.39, 0.29) is 42.7 Å². The summed E-state index contributed by atoms with van der Waals surface area (Å²) in [7, 11) is -3.90. The van der Waals surface area contributed by atoms with E-state index in [1.54, 1.807) is 17.0 Å². The average Bonchev–Trinajstić information content (AvgIpc) is 2.67. The predicted octanol–water partition coefficient (Wildman–Crippen LogP) is 3.10. The number of hydrogen-bond acceptors (Lipinski definition) is 4. The van der Waals surface area contributed by atoms with Gasteiger partial charge in [0, 0.05) is 36.1 Å². The molecule has 0 spiro atoms. The molecule has 2 aromatic rings. The topological polar surface area (TPSA) is 57.7 Å². The standard InChI is InChI=1S/C18H18ClFN2O3S2/c19-14-5-7-15(8-6-14)26-13-18(23)21-9-11-22(12-10-21)27(24,25)17-4-2-1-3-16(17)20/h1-8H,9-13H2. The maximum atomic E-state index is 13.9. The number of hydrogen-bond donors (Lipinski definition) is 0. The molecule has 1 amide bonds. The van der Waals surface area contributed by atoms with E-state index in [9.17, 15) is 17.6 Å². The number of sulfonamides is 1. The van der Waals surface area contributed by atoms with Gasteiger partial charge in [0.25, 0.3) is 0 Å². The third-order valence-electron chi connectivity index (χ3n) is 4.22. The number of carbonyl (C=O) groups is 1. The van der Waals surface area contributed by atoms with Gasteiger partial charge in [-0.3, -0.25) is 4.79 Å². The van der Waals surface area contributed by atoms with E-state index in [0.717, 1.165) is 11.0 Å². The number of benzene rings is 2. The zero-order valence-corrected chi connectivity index (χ0v) is 16.7. The van der Waals surface area contributed by atoms with Crippen LogP contribution in [0.3, 0.4) is 0 Å². The molecule has 2 aromatic carbocycles. The van der Waals surface area contributed by atoms with Crippen LogP contribution in [0.25, 0.3) is 0 Å². The molecule has 0 atom stereocenters. The van der Waals surface area contributed by atoms with Crippen molar-refractivity contribution in [1.82, 2.24) is 9.21 Å². The third-order valence-corrected chi connectivity index (χ3v) is 7.40. The number of thioether (sulfide) groups is 1. The van der Waals surface area contributed by atoms with Crippen molar-refractivity contribution >= 4 is 39.3 Å². The van der Waals surface area contributed by atoms with Gasteiger partial charge >= 0.3 is 0 Å². The monoisotopic (exact) mass is 428 g/mol. The van der Waals surface area contributed by atoms with Gasteiger partial charge in [-0.2, -0.15) is 4.31 Å². The molecule has 0 aromatic heterocycles. The summed E-state index contributed by atoms with van der Waals surface area (Å²) < 4.78 is 40.3. The van der Waals surface area contributed by atoms with E-state index in [2.05, 4.69) is 0 Å². The summed E-state index contributed by atoms with van der Waals surface area (Å²) in [5, 5.41) is 0.637. The van der Waals surface area contributed by atoms with Crippen LogP contribution in [-0.4, -0.2) is 55.5 Å². The second-order valence-corrected chi connectivity index (χ2v) is 9.35. The zero-order chi connectivity index (χ0) is 19.4. The molecule has 9 heteroatoms. The average molecular weight is 429 g/mol. The molecule has 0 unspecified atom stereocenters. The molecule has 1 fully saturated rings. The Morgan fingerprint density at radius 2 is 1.67 bits per heavy atom. The van der Waals surface area contributed by atoms with Crippen LogP contribution in [0.5, 0.6) is 0 Å². The van der Waals surface area contributed by atoms with Crippen LogP contribution < -0.4 is 0 Å². The summed E-state index contributed by atoms with van der Waals surface area (Å²) in [5.41, 5.74) is 0. The van der Waals surface area contributed by atoms with Crippen LogP contribution in [0.2, 0.25) is 5.02 Å². The summed E-state index contributed by atoms with van der Waals surface area (Å²) in [6.45, 7) is 0.865. The Morgan fingerprint density at radius 3 is 2.30 bits per heavy atom. The number of amides is 1. The van der Waals surface area contributed by atoms with Crippen LogP contribution in [0.4, 0.5) is 4.39 Å². The van der Waals surface area contributed by atoms with E-state index in [0.29, 0.717) is 5.02 Å². The first kappa shape index (κ1) is 20.1. The molecule has 0 N–H and O–H groups in total. The summed E-state index contributed by atoms with van der Waals surface area (Å²) >= 11 is 7.24. The van der Waals surface area contributed by atoms with Gasteiger partial charge in [-0.05, 0) is 36.4 Å². The van der Waals surface area contributed by atoms with Gasteiger partial charge in [-0.1, -0.05) is 23.7 Å². The van der Waals surface area contributed by atoms with Gasteiger partial charge in [-0.25, -0.2) is 12.8 Å². The Bertz CT molecular complexity index is 914. The molecule has 1 aliphatic rings. The summed E-state index contributed by atoms with van der Waals surface area (Å²) in [5.74, 6) is -0.560. The molecular weight excluding hydrogens is 411 g/mol. The molecule has 1 aliphatic heterocycles. The lowest BCUT2D eigenvalue weighted by Gasteiger charge is -2.34. The molecular formula is C18H18ClFN2O3S2. The Kier molecular flexibility index (Phi) is 6.41. The normalized spacial score (nSPS) is 15.7. The van der Waals surface area contributed by atoms with Crippen molar-refractivity contribution in [2.45, 2.75) is 9.79 Å². The van der Waals surface area contributed by atoms with E-state index in [1.165, 1.54) is 34.3 Å². The largest absolute Gasteiger partial charge is 0.339 e. The lowest BCUT2D eigenvalue weighted by molar-refractivity contribution is -0.129. The maximum absolute atomic E-state index is 13.9. The first-order chi connectivity index (χ1) is 12.9. The smallest absolute Gasteiger partial charge is 0.246 e. The number of carbonyl (C=O) groups excluding carboxylic acids is 1. The fourth-order valence-electron chi connectivity index (χ4n) is 2.74. The minimum Gasteiger partial charge on any atom is -0.339 e. The van der Waals surface area contributed by atoms with Crippen molar-refractivity contribution in [3.8, 4) is 0 Å².